The van der Waals surface area contributed by atoms with E-state index in [0.29, 0.717) is 60.2 Å². The molecule has 3 aromatic rings. The maximum absolute atomic E-state index is 13.4. The number of aliphatic hydroxyl groups is 1. The molecule has 3 N–H and O–H groups in total. The number of aryl methyl sites for hydroxylation is 1. The van der Waals surface area contributed by atoms with Crippen molar-refractivity contribution >= 4 is 5.91 Å². The molecule has 8 heteroatoms. The fourth-order valence-corrected chi connectivity index (χ4v) is 4.47. The van der Waals surface area contributed by atoms with E-state index in [0.717, 1.165) is 24.0 Å². The van der Waals surface area contributed by atoms with Crippen LogP contribution in [0.2, 0.25) is 0 Å². The number of hydrogen-bond acceptors (Lipinski definition) is 6. The molecular formula is C27H33N3O5. The number of unbranched alkanes of at least 4 members (excludes halogenated alkanes) is 1. The minimum atomic E-state index is -0.457. The summed E-state index contributed by atoms with van der Waals surface area (Å²) in [5, 5.41) is 27.4. The number of aromatic nitrogens is 2. The molecule has 0 spiro atoms. The zero-order chi connectivity index (χ0) is 24.9. The van der Waals surface area contributed by atoms with Gasteiger partial charge in [0.15, 0.2) is 11.5 Å². The normalized spacial score (nSPS) is 14.9. The van der Waals surface area contributed by atoms with E-state index in [1.54, 1.807) is 11.0 Å². The summed E-state index contributed by atoms with van der Waals surface area (Å²) in [5.74, 6) is 1.19. The molecule has 1 aliphatic heterocycles. The van der Waals surface area contributed by atoms with E-state index in [4.69, 9.17) is 9.47 Å². The monoisotopic (exact) mass is 479 g/mol. The zero-order valence-electron chi connectivity index (χ0n) is 20.5. The van der Waals surface area contributed by atoms with Crippen molar-refractivity contribution in [2.24, 2.45) is 0 Å². The van der Waals surface area contributed by atoms with Crippen molar-refractivity contribution in [3.8, 4) is 28.5 Å². The zero-order valence-corrected chi connectivity index (χ0v) is 20.5. The first-order valence-corrected chi connectivity index (χ1v) is 12.2. The lowest BCUT2D eigenvalue weighted by molar-refractivity contribution is 0.0732. The topological polar surface area (TPSA) is 108 Å². The summed E-state index contributed by atoms with van der Waals surface area (Å²) in [6.45, 7) is 7.40. The van der Waals surface area contributed by atoms with E-state index in [9.17, 15) is 15.0 Å². The number of aromatic amines is 1. The highest BCUT2D eigenvalue weighted by molar-refractivity contribution is 6.00. The average Bonchev–Trinajstić information content (AvgIpc) is 3.39. The molecule has 1 aliphatic rings. The van der Waals surface area contributed by atoms with Gasteiger partial charge in [0.1, 0.15) is 17.1 Å². The standard InChI is InChI=1S/C27H33N3O5/c1-4-6-14-35-21-11-9-18(16-22(21)34-5-2)26-23-24(19-15-17(3)8-10-20(19)32)28-29-25(23)27(33)30(26)12-7-13-31/h8-11,15-16,26,31-32H,4-7,12-14H2,1-3H3,(H,28,29). The Morgan fingerprint density at radius 3 is 2.66 bits per heavy atom. The van der Waals surface area contributed by atoms with Gasteiger partial charge < -0.3 is 24.6 Å². The van der Waals surface area contributed by atoms with Crippen molar-refractivity contribution < 1.29 is 24.5 Å². The summed E-state index contributed by atoms with van der Waals surface area (Å²) in [7, 11) is 0. The molecule has 1 amide bonds. The molecule has 0 radical (unpaired) electrons. The van der Waals surface area contributed by atoms with Gasteiger partial charge in [-0.3, -0.25) is 9.89 Å². The van der Waals surface area contributed by atoms with Crippen LogP contribution in [0.5, 0.6) is 17.2 Å². The van der Waals surface area contributed by atoms with Gasteiger partial charge in [-0.25, -0.2) is 0 Å². The fraction of sp³-hybridized carbons (Fsp3) is 0.407. The number of H-pyrrole nitrogens is 1. The highest BCUT2D eigenvalue weighted by Gasteiger charge is 2.42. The van der Waals surface area contributed by atoms with Gasteiger partial charge in [0, 0.05) is 24.3 Å². The Bertz CT molecular complexity index is 1190. The van der Waals surface area contributed by atoms with Gasteiger partial charge in [0.05, 0.1) is 19.3 Å². The van der Waals surface area contributed by atoms with Gasteiger partial charge >= 0.3 is 0 Å². The first-order chi connectivity index (χ1) is 17.0. The van der Waals surface area contributed by atoms with Gasteiger partial charge in [0.2, 0.25) is 0 Å². The van der Waals surface area contributed by atoms with E-state index in [-0.39, 0.29) is 18.3 Å². The first kappa shape index (κ1) is 24.6. The average molecular weight is 480 g/mol. The molecule has 0 fully saturated rings. The SMILES string of the molecule is CCCCOc1ccc(C2c3c(-c4cc(C)ccc4O)n[nH]c3C(=O)N2CCCO)cc1OCC. The molecule has 186 valence electrons. The van der Waals surface area contributed by atoms with Crippen LogP contribution in [0.1, 0.15) is 66.3 Å². The minimum Gasteiger partial charge on any atom is -0.507 e. The summed E-state index contributed by atoms with van der Waals surface area (Å²) >= 11 is 0. The number of fused-ring (bicyclic) bond motifs is 1. The van der Waals surface area contributed by atoms with Crippen molar-refractivity contribution in [1.29, 1.82) is 0 Å². The smallest absolute Gasteiger partial charge is 0.273 e. The number of hydrogen-bond donors (Lipinski definition) is 3. The Morgan fingerprint density at radius 2 is 1.91 bits per heavy atom. The van der Waals surface area contributed by atoms with Gasteiger partial charge in [0.25, 0.3) is 5.91 Å². The summed E-state index contributed by atoms with van der Waals surface area (Å²) in [6.07, 6.45) is 2.42. The number of nitrogens with zero attached hydrogens (tertiary/aromatic N) is 2. The van der Waals surface area contributed by atoms with Crippen molar-refractivity contribution in [2.75, 3.05) is 26.4 Å². The first-order valence-electron chi connectivity index (χ1n) is 12.2. The number of carbonyl (C=O) groups excluding carboxylic acids is 1. The molecule has 1 unspecified atom stereocenters. The Balaban J connectivity index is 1.82. The second kappa shape index (κ2) is 10.8. The number of aromatic hydroxyl groups is 1. The number of ether oxygens (including phenoxy) is 2. The Morgan fingerprint density at radius 1 is 1.09 bits per heavy atom. The number of amides is 1. The van der Waals surface area contributed by atoms with Crippen LogP contribution in [0.25, 0.3) is 11.3 Å². The maximum Gasteiger partial charge on any atom is 0.273 e. The number of phenols is 1. The van der Waals surface area contributed by atoms with Crippen LogP contribution in [0.4, 0.5) is 0 Å². The summed E-state index contributed by atoms with van der Waals surface area (Å²) < 4.78 is 11.8. The second-order valence-corrected chi connectivity index (χ2v) is 8.70. The van der Waals surface area contributed by atoms with Crippen LogP contribution in [0, 0.1) is 6.92 Å². The van der Waals surface area contributed by atoms with Gasteiger partial charge in [-0.2, -0.15) is 5.10 Å². The molecule has 4 rings (SSSR count). The lowest BCUT2D eigenvalue weighted by Gasteiger charge is -2.27. The molecule has 35 heavy (non-hydrogen) atoms. The number of rotatable bonds is 11. The van der Waals surface area contributed by atoms with Gasteiger partial charge in [-0.1, -0.05) is 31.0 Å². The Kier molecular flexibility index (Phi) is 7.60. The van der Waals surface area contributed by atoms with Crippen LogP contribution in [-0.4, -0.2) is 57.6 Å². The van der Waals surface area contributed by atoms with Crippen molar-refractivity contribution in [3.05, 3.63) is 58.8 Å². The van der Waals surface area contributed by atoms with E-state index in [1.165, 1.54) is 0 Å². The number of aliphatic hydroxyl groups excluding tert-OH is 1. The van der Waals surface area contributed by atoms with Crippen molar-refractivity contribution in [2.45, 2.75) is 46.1 Å². The van der Waals surface area contributed by atoms with Crippen molar-refractivity contribution in [1.82, 2.24) is 15.1 Å². The lowest BCUT2D eigenvalue weighted by atomic mass is 9.94. The fourth-order valence-electron chi connectivity index (χ4n) is 4.47. The number of phenolic OH excluding ortho intramolecular Hbond substituents is 1. The molecule has 2 heterocycles. The number of carbonyl (C=O) groups is 1. The van der Waals surface area contributed by atoms with Crippen LogP contribution in [-0.2, 0) is 0 Å². The number of nitrogens with one attached hydrogen (secondary N) is 1. The Hall–Kier alpha value is -3.52. The molecule has 8 nitrogen and oxygen atoms in total. The van der Waals surface area contributed by atoms with Crippen LogP contribution >= 0.6 is 0 Å². The molecule has 1 atom stereocenters. The van der Waals surface area contributed by atoms with E-state index in [2.05, 4.69) is 17.1 Å². The molecule has 0 saturated heterocycles. The number of benzene rings is 2. The molecular weight excluding hydrogens is 446 g/mol. The molecule has 1 aromatic heterocycles. The summed E-state index contributed by atoms with van der Waals surface area (Å²) in [6, 6.07) is 10.6. The third-order valence-corrected chi connectivity index (χ3v) is 6.17. The highest BCUT2D eigenvalue weighted by Crippen LogP contribution is 2.46. The summed E-state index contributed by atoms with van der Waals surface area (Å²) in [4.78, 5) is 15.1. The van der Waals surface area contributed by atoms with Gasteiger partial charge in [-0.05, 0) is 56.5 Å². The highest BCUT2D eigenvalue weighted by atomic mass is 16.5. The third-order valence-electron chi connectivity index (χ3n) is 6.17. The third kappa shape index (κ3) is 4.84. The van der Waals surface area contributed by atoms with Crippen LogP contribution in [0.15, 0.2) is 36.4 Å². The van der Waals surface area contributed by atoms with E-state index in [1.807, 2.05) is 44.2 Å². The molecule has 0 bridgehead atoms. The largest absolute Gasteiger partial charge is 0.507 e. The maximum atomic E-state index is 13.4. The minimum absolute atomic E-state index is 0.0252. The second-order valence-electron chi connectivity index (χ2n) is 8.70. The van der Waals surface area contributed by atoms with E-state index >= 15 is 0 Å². The predicted octanol–water partition coefficient (Wildman–Crippen LogP) is 4.60. The van der Waals surface area contributed by atoms with Crippen molar-refractivity contribution in [3.63, 3.8) is 0 Å². The summed E-state index contributed by atoms with van der Waals surface area (Å²) in [5.41, 5.74) is 4.01. The predicted molar refractivity (Wildman–Crippen MR) is 133 cm³/mol. The molecule has 0 saturated carbocycles. The molecule has 0 aliphatic carbocycles. The quantitative estimate of drug-likeness (QED) is 0.347. The lowest BCUT2D eigenvalue weighted by Crippen LogP contribution is -2.31. The van der Waals surface area contributed by atoms with Gasteiger partial charge in [-0.15, -0.1) is 0 Å². The van der Waals surface area contributed by atoms with Crippen LogP contribution in [0.3, 0.4) is 0 Å². The Labute approximate surface area is 205 Å². The van der Waals surface area contributed by atoms with E-state index < -0.39 is 6.04 Å². The van der Waals surface area contributed by atoms with Crippen LogP contribution < -0.4 is 9.47 Å². The molecule has 2 aromatic carbocycles.